The Balaban J connectivity index is 0.000000170. The van der Waals surface area contributed by atoms with Crippen LogP contribution in [0.4, 0.5) is 0 Å². The molecule has 2 N–H and O–H groups in total. The van der Waals surface area contributed by atoms with Crippen molar-refractivity contribution < 1.29 is 45.5 Å². The summed E-state index contributed by atoms with van der Waals surface area (Å²) in [6.45, 7) is 3.70. The number of nitrogens with zero attached hydrogens (tertiary/aromatic N) is 1. The Hall–Kier alpha value is -5.97. The van der Waals surface area contributed by atoms with E-state index in [0.717, 1.165) is 0 Å². The summed E-state index contributed by atoms with van der Waals surface area (Å²) in [5, 5.41) is 1.85. The first-order valence-electron chi connectivity index (χ1n) is 19.1. The molecule has 13 nitrogen and oxygen atoms in total. The number of ketones is 2. The predicted octanol–water partition coefficient (Wildman–Crippen LogP) is 7.01. The summed E-state index contributed by atoms with van der Waals surface area (Å²) in [5.74, 6) is -0.545. The Labute approximate surface area is 351 Å². The molecule has 5 aromatic rings. The molecule has 0 unspecified atom stereocenters. The van der Waals surface area contributed by atoms with Gasteiger partial charge in [0.05, 0.1) is 38.4 Å². The molecular formula is C44H39N3O10S3. The molecule has 4 aromatic carbocycles. The Bertz CT molecular complexity index is 2840. The summed E-state index contributed by atoms with van der Waals surface area (Å²) in [6, 6.07) is 23.8. The number of hydrogen-bond donors (Lipinski definition) is 2. The van der Waals surface area contributed by atoms with Crippen LogP contribution in [-0.2, 0) is 20.0 Å². The van der Waals surface area contributed by atoms with E-state index < -0.39 is 41.4 Å². The van der Waals surface area contributed by atoms with Gasteiger partial charge in [-0.2, -0.15) is 0 Å². The predicted molar refractivity (Wildman–Crippen MR) is 226 cm³/mol. The van der Waals surface area contributed by atoms with E-state index in [1.54, 1.807) is 110 Å². The number of ether oxygens (including phenoxy) is 2. The van der Waals surface area contributed by atoms with Crippen LogP contribution in [0.5, 0.6) is 11.5 Å². The largest absolute Gasteiger partial charge is 0.492 e. The highest BCUT2D eigenvalue weighted by Gasteiger charge is 2.51. The lowest BCUT2D eigenvalue weighted by Gasteiger charge is -2.20. The third kappa shape index (κ3) is 8.01. The highest BCUT2D eigenvalue weighted by atomic mass is 32.2. The summed E-state index contributed by atoms with van der Waals surface area (Å²) in [4.78, 5) is 54.6. The van der Waals surface area contributed by atoms with Gasteiger partial charge in [-0.25, -0.2) is 31.3 Å². The van der Waals surface area contributed by atoms with E-state index in [9.17, 15) is 36.0 Å². The van der Waals surface area contributed by atoms with Crippen molar-refractivity contribution in [1.29, 1.82) is 0 Å². The first-order valence-corrected chi connectivity index (χ1v) is 23.0. The zero-order valence-electron chi connectivity index (χ0n) is 32.5. The molecule has 2 saturated carbocycles. The molecule has 2 amide bonds. The molecule has 2 fully saturated rings. The minimum atomic E-state index is -3.76. The van der Waals surface area contributed by atoms with Crippen molar-refractivity contribution in [3.8, 4) is 33.8 Å². The number of amides is 2. The molecule has 0 saturated heterocycles. The van der Waals surface area contributed by atoms with Gasteiger partial charge in [-0.15, -0.1) is 11.3 Å². The smallest absolute Gasteiger partial charge is 0.265 e. The minimum Gasteiger partial charge on any atom is -0.492 e. The third-order valence-corrected chi connectivity index (χ3v) is 16.1. The second-order valence-electron chi connectivity index (χ2n) is 15.5. The maximum Gasteiger partial charge on any atom is 0.265 e. The van der Waals surface area contributed by atoms with Gasteiger partial charge < -0.3 is 9.47 Å². The zero-order valence-corrected chi connectivity index (χ0v) is 35.0. The molecule has 0 atom stereocenters. The molecule has 0 spiro atoms. The van der Waals surface area contributed by atoms with Gasteiger partial charge in [0, 0.05) is 28.5 Å². The van der Waals surface area contributed by atoms with Gasteiger partial charge in [0.1, 0.15) is 18.1 Å². The van der Waals surface area contributed by atoms with Gasteiger partial charge in [0.15, 0.2) is 11.6 Å². The van der Waals surface area contributed by atoms with E-state index >= 15 is 0 Å². The van der Waals surface area contributed by atoms with Gasteiger partial charge in [-0.3, -0.25) is 19.2 Å². The summed E-state index contributed by atoms with van der Waals surface area (Å²) in [7, 11) is -7.49. The summed E-state index contributed by atoms with van der Waals surface area (Å²) < 4.78 is 63.9. The Morgan fingerprint density at radius 1 is 0.700 bits per heavy atom. The quantitative estimate of drug-likeness (QED) is 0.145. The fourth-order valence-electron chi connectivity index (χ4n) is 6.75. The molecule has 1 aromatic heterocycles. The van der Waals surface area contributed by atoms with Crippen molar-refractivity contribution in [3.05, 3.63) is 129 Å². The van der Waals surface area contributed by atoms with Crippen LogP contribution in [0.25, 0.3) is 28.3 Å². The molecular weight excluding hydrogens is 827 g/mol. The highest BCUT2D eigenvalue weighted by Crippen LogP contribution is 2.43. The molecule has 16 heteroatoms. The molecule has 2 aliphatic carbocycles. The van der Waals surface area contributed by atoms with E-state index in [1.807, 2.05) is 5.38 Å². The number of carbonyl (C=O) groups is 4. The molecule has 9 rings (SSSR count). The molecule has 4 aliphatic rings. The van der Waals surface area contributed by atoms with E-state index in [1.165, 1.54) is 11.3 Å². The fourth-order valence-corrected chi connectivity index (χ4v) is 9.75. The lowest BCUT2D eigenvalue weighted by Crippen LogP contribution is -2.38. The van der Waals surface area contributed by atoms with Crippen molar-refractivity contribution in [2.24, 2.45) is 0 Å². The van der Waals surface area contributed by atoms with Gasteiger partial charge in [-0.1, -0.05) is 48.5 Å². The summed E-state index contributed by atoms with van der Waals surface area (Å²) in [5.41, 5.74) is 6.83. The fraction of sp³-hybridized carbons (Fsp3) is 0.250. The van der Waals surface area contributed by atoms with E-state index in [2.05, 4.69) is 14.4 Å². The topological polar surface area (TPSA) is 192 Å². The third-order valence-electron chi connectivity index (χ3n) is 11.2. The number of benzene rings is 4. The second-order valence-corrected chi connectivity index (χ2v) is 20.6. The van der Waals surface area contributed by atoms with Crippen LogP contribution in [-0.4, -0.2) is 67.9 Å². The SMILES string of the molecule is CC1(S(=O)(=O)NC(=O)c2ccccc2-c2ccc3c(c2)OC/C(=C\c2cscn2)C3=O)CC1.CC1(S(=O)(=O)NC(=O)c2ccccc2-c2ccc3c(c2)OCCC3=O)CC1. The van der Waals surface area contributed by atoms with Crippen molar-refractivity contribution in [2.75, 3.05) is 13.2 Å². The van der Waals surface area contributed by atoms with E-state index in [0.29, 0.717) is 94.9 Å². The minimum absolute atomic E-state index is 0.0256. The Morgan fingerprint density at radius 2 is 1.22 bits per heavy atom. The second kappa shape index (κ2) is 15.6. The van der Waals surface area contributed by atoms with Gasteiger partial charge in [0.25, 0.3) is 11.8 Å². The van der Waals surface area contributed by atoms with Crippen molar-refractivity contribution in [1.82, 2.24) is 14.4 Å². The number of rotatable bonds is 9. The maximum absolute atomic E-state index is 12.9. The van der Waals surface area contributed by atoms with E-state index in [4.69, 9.17) is 9.47 Å². The maximum atomic E-state index is 12.9. The normalized spacial score (nSPS) is 17.7. The van der Waals surface area contributed by atoms with Crippen molar-refractivity contribution in [3.63, 3.8) is 0 Å². The van der Waals surface area contributed by atoms with Gasteiger partial charge in [-0.05, 0) is 104 Å². The number of carbonyl (C=O) groups excluding carboxylic acids is 4. The first-order chi connectivity index (χ1) is 28.6. The first kappa shape index (κ1) is 40.8. The number of Topliss-reactive ketones (excluding diaryl/α,β-unsaturated/α-hetero) is 2. The summed E-state index contributed by atoms with van der Waals surface area (Å²) >= 11 is 1.45. The summed E-state index contributed by atoms with van der Waals surface area (Å²) in [6.07, 6.45) is 4.23. The molecule has 0 bridgehead atoms. The van der Waals surface area contributed by atoms with Gasteiger partial charge >= 0.3 is 0 Å². The van der Waals surface area contributed by atoms with Crippen LogP contribution >= 0.6 is 11.3 Å². The molecule has 0 radical (unpaired) electrons. The van der Waals surface area contributed by atoms with Crippen LogP contribution < -0.4 is 18.9 Å². The van der Waals surface area contributed by atoms with E-state index in [-0.39, 0.29) is 29.3 Å². The van der Waals surface area contributed by atoms with Crippen LogP contribution in [0.1, 0.15) is 93.1 Å². The monoisotopic (exact) mass is 865 g/mol. The number of hydrogen-bond acceptors (Lipinski definition) is 12. The number of nitrogens with one attached hydrogen (secondary N) is 2. The zero-order chi connectivity index (χ0) is 42.5. The number of aromatic nitrogens is 1. The average molecular weight is 866 g/mol. The van der Waals surface area contributed by atoms with Crippen molar-refractivity contribution >= 4 is 60.8 Å². The van der Waals surface area contributed by atoms with Gasteiger partial charge in [0.2, 0.25) is 20.0 Å². The standard InChI is InChI=1S/C24H20N2O5S2.C20H19NO5S/c1-24(8-9-24)33(29,30)26-23(28)19-5-3-2-4-18(19)15-6-7-20-21(11-15)31-12-16(22(20)27)10-17-13-32-14-25-17;1-20(9-10-20)27(24,25)21-19(23)15-5-3-2-4-14(15)13-6-7-16-17(22)8-11-26-18(16)12-13/h2-7,10-11,13-14H,8-9,12H2,1H3,(H,26,28);2-7,12H,8-11H2,1H3,(H,21,23)/b16-10+;. The van der Waals surface area contributed by atoms with Crippen LogP contribution in [0.15, 0.2) is 101 Å². The number of thiazole rings is 1. The lowest BCUT2D eigenvalue weighted by molar-refractivity contribution is 0.0930. The molecule has 60 heavy (non-hydrogen) atoms. The number of fused-ring (bicyclic) bond motifs is 2. The Kier molecular flexibility index (Phi) is 10.6. The van der Waals surface area contributed by atoms with Crippen molar-refractivity contribution in [2.45, 2.75) is 55.4 Å². The van der Waals surface area contributed by atoms with Crippen LogP contribution in [0.3, 0.4) is 0 Å². The number of sulfonamides is 2. The average Bonchev–Trinajstić information content (AvgIpc) is 4.13. The van der Waals surface area contributed by atoms with Crippen LogP contribution in [0, 0.1) is 0 Å². The lowest BCUT2D eigenvalue weighted by atomic mass is 9.94. The molecule has 3 heterocycles. The Morgan fingerprint density at radius 3 is 1.73 bits per heavy atom. The molecule has 308 valence electrons. The highest BCUT2D eigenvalue weighted by molar-refractivity contribution is 7.92. The molecule has 2 aliphatic heterocycles. The van der Waals surface area contributed by atoms with Crippen LogP contribution in [0.2, 0.25) is 0 Å².